The van der Waals surface area contributed by atoms with Crippen molar-refractivity contribution in [1.29, 1.82) is 0 Å². The van der Waals surface area contributed by atoms with E-state index in [0.29, 0.717) is 6.42 Å². The molecule has 1 rings (SSSR count). The fourth-order valence-electron chi connectivity index (χ4n) is 1.70. The van der Waals surface area contributed by atoms with Crippen LogP contribution in [0.4, 0.5) is 0 Å². The van der Waals surface area contributed by atoms with E-state index < -0.39 is 5.97 Å². The van der Waals surface area contributed by atoms with Gasteiger partial charge >= 0.3 is 5.97 Å². The molecule has 4 heteroatoms. The second-order valence-electron chi connectivity index (χ2n) is 4.27. The summed E-state index contributed by atoms with van der Waals surface area (Å²) in [5.41, 5.74) is 1.20. The van der Waals surface area contributed by atoms with Crippen molar-refractivity contribution in [3.05, 3.63) is 34.3 Å². The van der Waals surface area contributed by atoms with Crippen molar-refractivity contribution >= 4 is 21.9 Å². The van der Waals surface area contributed by atoms with Gasteiger partial charge in [0.15, 0.2) is 0 Å². The Balaban J connectivity index is 2.45. The molecule has 1 unspecified atom stereocenters. The van der Waals surface area contributed by atoms with Gasteiger partial charge in [-0.15, -0.1) is 0 Å². The Labute approximate surface area is 110 Å². The summed E-state index contributed by atoms with van der Waals surface area (Å²) in [5, 5.41) is 12.0. The van der Waals surface area contributed by atoms with Crippen LogP contribution in [0.3, 0.4) is 0 Å². The number of halogens is 1. The van der Waals surface area contributed by atoms with E-state index in [-0.39, 0.29) is 18.5 Å². The van der Waals surface area contributed by atoms with Crippen molar-refractivity contribution < 1.29 is 9.90 Å². The van der Waals surface area contributed by atoms with Gasteiger partial charge in [-0.25, -0.2) is 0 Å². The number of rotatable bonds is 6. The zero-order valence-electron chi connectivity index (χ0n) is 10.1. The van der Waals surface area contributed by atoms with Gasteiger partial charge in [0, 0.05) is 23.0 Å². The lowest BCUT2D eigenvalue weighted by molar-refractivity contribution is -0.137. The van der Waals surface area contributed by atoms with E-state index >= 15 is 0 Å². The van der Waals surface area contributed by atoms with E-state index in [4.69, 9.17) is 5.11 Å². The molecule has 1 aromatic rings. The molecule has 0 fully saturated rings. The summed E-state index contributed by atoms with van der Waals surface area (Å²) in [6.07, 6.45) is 0.859. The van der Waals surface area contributed by atoms with E-state index in [2.05, 4.69) is 40.3 Å². The van der Waals surface area contributed by atoms with Gasteiger partial charge in [-0.1, -0.05) is 28.1 Å². The second-order valence-corrected chi connectivity index (χ2v) is 5.19. The number of benzene rings is 1. The Morgan fingerprint density at radius 3 is 2.47 bits per heavy atom. The quantitative estimate of drug-likeness (QED) is 0.847. The summed E-state index contributed by atoms with van der Waals surface area (Å²) in [6, 6.07) is 8.57. The third kappa shape index (κ3) is 5.33. The zero-order chi connectivity index (χ0) is 12.8. The molecule has 17 heavy (non-hydrogen) atoms. The standard InChI is InChI=1S/C13H18BrNO2/c1-9(3-8-13(16)17)15-10(2)11-4-6-12(14)7-5-11/h4-7,9-10,15H,3,8H2,1-2H3,(H,16,17)/t9?,10-/m1/s1. The maximum atomic E-state index is 10.5. The van der Waals surface area contributed by atoms with Gasteiger partial charge in [0.25, 0.3) is 0 Å². The van der Waals surface area contributed by atoms with Crippen molar-refractivity contribution in [3.8, 4) is 0 Å². The van der Waals surface area contributed by atoms with Crippen molar-refractivity contribution in [2.75, 3.05) is 0 Å². The molecule has 0 bridgehead atoms. The highest BCUT2D eigenvalue weighted by Gasteiger charge is 2.10. The number of carboxylic acids is 1. The Morgan fingerprint density at radius 2 is 1.94 bits per heavy atom. The Bertz CT molecular complexity index is 364. The summed E-state index contributed by atoms with van der Waals surface area (Å²) in [6.45, 7) is 4.10. The molecule has 94 valence electrons. The Morgan fingerprint density at radius 1 is 1.35 bits per heavy atom. The second kappa shape index (κ2) is 6.77. The molecule has 0 aliphatic heterocycles. The Kier molecular flexibility index (Phi) is 5.65. The van der Waals surface area contributed by atoms with Gasteiger partial charge in [-0.2, -0.15) is 0 Å². The highest BCUT2D eigenvalue weighted by molar-refractivity contribution is 9.10. The van der Waals surface area contributed by atoms with Gasteiger partial charge in [-0.3, -0.25) is 4.79 Å². The molecule has 3 nitrogen and oxygen atoms in total. The summed E-state index contributed by atoms with van der Waals surface area (Å²) < 4.78 is 1.06. The third-order valence-corrected chi connectivity index (χ3v) is 3.22. The van der Waals surface area contributed by atoms with E-state index in [1.807, 2.05) is 19.1 Å². The van der Waals surface area contributed by atoms with Crippen LogP contribution in [-0.4, -0.2) is 17.1 Å². The lowest BCUT2D eigenvalue weighted by atomic mass is 10.1. The van der Waals surface area contributed by atoms with Crippen LogP contribution < -0.4 is 5.32 Å². The summed E-state index contributed by atoms with van der Waals surface area (Å²) in [7, 11) is 0. The molecule has 0 saturated heterocycles. The maximum Gasteiger partial charge on any atom is 0.303 e. The number of carbonyl (C=O) groups is 1. The minimum atomic E-state index is -0.741. The van der Waals surface area contributed by atoms with Crippen molar-refractivity contribution in [2.24, 2.45) is 0 Å². The summed E-state index contributed by atoms with van der Waals surface area (Å²) >= 11 is 3.40. The number of carboxylic acid groups (broad SMARTS) is 1. The monoisotopic (exact) mass is 299 g/mol. The van der Waals surface area contributed by atoms with Crippen LogP contribution in [0, 0.1) is 0 Å². The average molecular weight is 300 g/mol. The van der Waals surface area contributed by atoms with Crippen LogP contribution in [0.15, 0.2) is 28.7 Å². The van der Waals surface area contributed by atoms with Crippen molar-refractivity contribution in [2.45, 2.75) is 38.8 Å². The fraction of sp³-hybridized carbons (Fsp3) is 0.462. The van der Waals surface area contributed by atoms with Gasteiger partial charge in [0.2, 0.25) is 0 Å². The van der Waals surface area contributed by atoms with E-state index in [1.165, 1.54) is 5.56 Å². The normalized spacial score (nSPS) is 14.3. The third-order valence-electron chi connectivity index (χ3n) is 2.70. The van der Waals surface area contributed by atoms with Crippen LogP contribution in [-0.2, 0) is 4.79 Å². The molecule has 0 spiro atoms. The van der Waals surface area contributed by atoms with Crippen LogP contribution in [0.25, 0.3) is 0 Å². The Hall–Kier alpha value is -0.870. The minimum Gasteiger partial charge on any atom is -0.481 e. The molecule has 0 aromatic heterocycles. The smallest absolute Gasteiger partial charge is 0.303 e. The largest absolute Gasteiger partial charge is 0.481 e. The first kappa shape index (κ1) is 14.2. The predicted octanol–water partition coefficient (Wildman–Crippen LogP) is 3.35. The summed E-state index contributed by atoms with van der Waals surface area (Å²) in [5.74, 6) is -0.741. The van der Waals surface area contributed by atoms with E-state index in [1.54, 1.807) is 0 Å². The van der Waals surface area contributed by atoms with Crippen LogP contribution in [0.2, 0.25) is 0 Å². The number of hydrogen-bond acceptors (Lipinski definition) is 2. The lowest BCUT2D eigenvalue weighted by Gasteiger charge is -2.20. The zero-order valence-corrected chi connectivity index (χ0v) is 11.7. The molecule has 0 radical (unpaired) electrons. The molecule has 0 saturated carbocycles. The fourth-order valence-corrected chi connectivity index (χ4v) is 1.96. The predicted molar refractivity (Wildman–Crippen MR) is 72.0 cm³/mol. The average Bonchev–Trinajstić information content (AvgIpc) is 2.27. The van der Waals surface area contributed by atoms with E-state index in [9.17, 15) is 4.79 Å². The molecule has 0 aliphatic rings. The van der Waals surface area contributed by atoms with Crippen molar-refractivity contribution in [1.82, 2.24) is 5.32 Å². The van der Waals surface area contributed by atoms with Crippen LogP contribution >= 0.6 is 15.9 Å². The first-order chi connectivity index (χ1) is 7.99. The number of nitrogens with one attached hydrogen (secondary N) is 1. The van der Waals surface area contributed by atoms with Gasteiger partial charge in [0.1, 0.15) is 0 Å². The van der Waals surface area contributed by atoms with E-state index in [0.717, 1.165) is 4.47 Å². The SMILES string of the molecule is CC(CCC(=O)O)N[C@H](C)c1ccc(Br)cc1. The number of hydrogen-bond donors (Lipinski definition) is 2. The maximum absolute atomic E-state index is 10.5. The molecule has 2 N–H and O–H groups in total. The minimum absolute atomic E-state index is 0.199. The number of aliphatic carboxylic acids is 1. The van der Waals surface area contributed by atoms with Crippen LogP contribution in [0.5, 0.6) is 0 Å². The lowest BCUT2D eigenvalue weighted by Crippen LogP contribution is -2.29. The van der Waals surface area contributed by atoms with Crippen LogP contribution in [0.1, 0.15) is 38.3 Å². The van der Waals surface area contributed by atoms with Gasteiger partial charge in [-0.05, 0) is 38.0 Å². The van der Waals surface area contributed by atoms with Crippen molar-refractivity contribution in [3.63, 3.8) is 0 Å². The highest BCUT2D eigenvalue weighted by Crippen LogP contribution is 2.17. The molecule has 0 heterocycles. The molecule has 0 amide bonds. The first-order valence-electron chi connectivity index (χ1n) is 5.72. The molecule has 2 atom stereocenters. The molecule has 0 aliphatic carbocycles. The first-order valence-corrected chi connectivity index (χ1v) is 6.51. The highest BCUT2D eigenvalue weighted by atomic mass is 79.9. The molecule has 1 aromatic carbocycles. The molecular formula is C13H18BrNO2. The topological polar surface area (TPSA) is 49.3 Å². The molecular weight excluding hydrogens is 282 g/mol. The summed E-state index contributed by atoms with van der Waals surface area (Å²) in [4.78, 5) is 10.5. The van der Waals surface area contributed by atoms with Gasteiger partial charge in [0.05, 0.1) is 0 Å². The van der Waals surface area contributed by atoms with Gasteiger partial charge < -0.3 is 10.4 Å².